The predicted octanol–water partition coefficient (Wildman–Crippen LogP) is 9.51. The molecule has 3 aromatic carbocycles. The van der Waals surface area contributed by atoms with Gasteiger partial charge in [0.15, 0.2) is 33.2 Å². The van der Waals surface area contributed by atoms with Gasteiger partial charge in [-0.2, -0.15) is 4.98 Å². The van der Waals surface area contributed by atoms with Crippen LogP contribution in [-0.2, 0) is 28.4 Å². The average molecular weight is 1270 g/mol. The van der Waals surface area contributed by atoms with Gasteiger partial charge in [0.05, 0.1) is 35.5 Å². The molecule has 0 saturated carbocycles. The summed E-state index contributed by atoms with van der Waals surface area (Å²) in [4.78, 5) is 73.7. The van der Waals surface area contributed by atoms with Gasteiger partial charge in [-0.05, 0) is 134 Å². The Kier molecular flexibility index (Phi) is 23.4. The molecule has 3 aliphatic rings. The molecule has 87 heavy (non-hydrogen) atoms. The van der Waals surface area contributed by atoms with Gasteiger partial charge in [-0.15, -0.1) is 0 Å². The van der Waals surface area contributed by atoms with E-state index in [1.54, 1.807) is 103 Å². The van der Waals surface area contributed by atoms with E-state index >= 15 is 0 Å². The van der Waals surface area contributed by atoms with Crippen molar-refractivity contribution in [3.63, 3.8) is 0 Å². The van der Waals surface area contributed by atoms with Crippen molar-refractivity contribution >= 4 is 59.0 Å². The number of carbonyl (C=O) groups excluding carboxylic acids is 3. The van der Waals surface area contributed by atoms with Gasteiger partial charge < -0.3 is 52.6 Å². The molecule has 9 rings (SSSR count). The summed E-state index contributed by atoms with van der Waals surface area (Å²) in [5.41, 5.74) is -2.96. The molecule has 0 amide bonds. The van der Waals surface area contributed by atoms with E-state index in [-0.39, 0.29) is 44.7 Å². The molecule has 0 radical (unpaired) electrons. The lowest BCUT2D eigenvalue weighted by Gasteiger charge is -2.34. The Labute approximate surface area is 518 Å². The van der Waals surface area contributed by atoms with Gasteiger partial charge in [-0.25, -0.2) is 19.4 Å². The van der Waals surface area contributed by atoms with Crippen molar-refractivity contribution in [2.24, 2.45) is 11.8 Å². The summed E-state index contributed by atoms with van der Waals surface area (Å²) in [5, 5.41) is 29.1. The summed E-state index contributed by atoms with van der Waals surface area (Å²) in [6.45, 7) is 25.2. The maximum absolute atomic E-state index is 12.7. The number of aliphatic hydroxyl groups excluding tert-OH is 2. The van der Waals surface area contributed by atoms with E-state index in [0.29, 0.717) is 28.6 Å². The van der Waals surface area contributed by atoms with E-state index in [2.05, 4.69) is 59.2 Å². The van der Waals surface area contributed by atoms with Crippen LogP contribution in [0.4, 0.5) is 0 Å². The molecule has 12 atom stereocenters. The van der Waals surface area contributed by atoms with Gasteiger partial charge in [0.1, 0.15) is 17.8 Å². The summed E-state index contributed by atoms with van der Waals surface area (Å²) in [7, 11) is -3.26. The third-order valence-electron chi connectivity index (χ3n) is 14.7. The van der Waals surface area contributed by atoms with Gasteiger partial charge in [0, 0.05) is 48.6 Å². The fraction of sp³-hybridized carbons (Fsp3) is 0.459. The predicted molar refractivity (Wildman–Crippen MR) is 333 cm³/mol. The molecule has 5 N–H and O–H groups in total. The molecule has 26 heteroatoms. The highest BCUT2D eigenvalue weighted by Gasteiger charge is 2.57. The number of hydrogen-bond acceptors (Lipinski definition) is 20. The van der Waals surface area contributed by atoms with Crippen LogP contribution in [0.5, 0.6) is 11.9 Å². The Bertz CT molecular complexity index is 3480. The molecular weight excluding hydrogens is 1190 g/mol. The van der Waals surface area contributed by atoms with Crippen LogP contribution in [0.15, 0.2) is 137 Å². The summed E-state index contributed by atoms with van der Waals surface area (Å²) in [6.07, 6.45) is 1.11. The highest BCUT2D eigenvalue weighted by molar-refractivity contribution is 7.71. The Hall–Kier alpha value is -6.86. The highest BCUT2D eigenvalue weighted by Crippen LogP contribution is 2.47. The number of aliphatic hydroxyl groups is 3. The van der Waals surface area contributed by atoms with Gasteiger partial charge in [0.25, 0.3) is 11.1 Å². The SMILES string of the molecule is CC1(O)[C@@H](O)[C@@H](CO)O[C@H]1n1ccc(=O)[nH]c1=S.CC[C@H]1O[C@@H](OC(=O)c2ccccc2)C(C)(OC(=O)c2ccccc2)[C@H]1C.CC[C@H]1O[C@@H](n2ccc(=O)[nH]c2=S)C(C)(OC(=O)c2ccccc2)[C@H]1C.C[Si](C)(C)Oc1ccnc(O[Si](C)(C)C)n1. The minimum atomic E-state index is -1.65. The third kappa shape index (κ3) is 17.7. The number of esters is 3. The molecule has 3 aromatic heterocycles. The zero-order valence-electron chi connectivity index (χ0n) is 51.2. The maximum Gasteiger partial charge on any atom is 0.340 e. The van der Waals surface area contributed by atoms with Crippen molar-refractivity contribution in [3.8, 4) is 11.9 Å². The second-order valence-corrected chi connectivity index (χ2v) is 33.2. The van der Waals surface area contributed by atoms with Gasteiger partial charge in [0.2, 0.25) is 28.8 Å². The lowest BCUT2D eigenvalue weighted by molar-refractivity contribution is -0.169. The lowest BCUT2D eigenvalue weighted by atomic mass is 9.86. The van der Waals surface area contributed by atoms with Gasteiger partial charge >= 0.3 is 23.9 Å². The third-order valence-corrected chi connectivity index (χ3v) is 17.0. The van der Waals surface area contributed by atoms with Crippen LogP contribution >= 0.6 is 24.4 Å². The van der Waals surface area contributed by atoms with E-state index in [4.69, 9.17) is 66.8 Å². The summed E-state index contributed by atoms with van der Waals surface area (Å²) < 4.78 is 49.7. The number of ether oxygens (including phenoxy) is 6. The zero-order valence-corrected chi connectivity index (χ0v) is 54.8. The Morgan fingerprint density at radius 2 is 1.05 bits per heavy atom. The van der Waals surface area contributed by atoms with E-state index in [1.807, 2.05) is 52.8 Å². The molecule has 0 bridgehead atoms. The molecule has 0 spiro atoms. The van der Waals surface area contributed by atoms with Crippen LogP contribution in [0.1, 0.15) is 105 Å². The Balaban J connectivity index is 0.000000190. The standard InChI is InChI=1S/C22H24O5.C19H22N2O4S.C10H14N2O5S.C10H20N2O2Si2/c1-4-18-15(2)22(3,27-20(24)17-13-9-6-10-14-17)21(25-18)26-19(23)16-11-7-5-8-12-16;1-4-14-12(2)19(3,25-16(23)13-8-6-5-7-9-13)17(24-14)21-11-10-15(22)20-18(21)26;1-10(16)7(15)5(4-13)17-8(10)12-3-2-6(14)11-9(12)18;1-15(2,3)13-9-7-8-11-10(12-9)14-16(4,5)6/h5-15,18,21H,4H2,1-3H3;5-12,14,17H,4H2,1-3H3,(H,20,22,26);2-3,5,7-8,13,15-16H,4H2,1H3,(H,11,14,18);7-8H,1-6H3/t15-,18+,21-,22?;12-,14+,17+,19?;5-,7+,8-,10?;/m001./s1. The van der Waals surface area contributed by atoms with Crippen molar-refractivity contribution in [1.82, 2.24) is 29.1 Å². The monoisotopic (exact) mass is 1270 g/mol. The Morgan fingerprint density at radius 3 is 1.48 bits per heavy atom. The van der Waals surface area contributed by atoms with Gasteiger partial charge in [-0.3, -0.25) is 28.7 Å². The first-order valence-corrected chi connectivity index (χ1v) is 36.1. The smallest absolute Gasteiger partial charge is 0.340 e. The van der Waals surface area contributed by atoms with Crippen LogP contribution < -0.4 is 20.0 Å². The van der Waals surface area contributed by atoms with Crippen molar-refractivity contribution < 1.29 is 67.0 Å². The molecular formula is C61H80N6O16S2Si2. The summed E-state index contributed by atoms with van der Waals surface area (Å²) >= 11 is 10.3. The zero-order chi connectivity index (χ0) is 64.2. The highest BCUT2D eigenvalue weighted by atomic mass is 32.1. The number of carbonyl (C=O) groups is 3. The van der Waals surface area contributed by atoms with Crippen LogP contribution in [-0.4, -0.2) is 133 Å². The molecule has 6 aromatic rings. The van der Waals surface area contributed by atoms with Crippen molar-refractivity contribution in [3.05, 3.63) is 175 Å². The van der Waals surface area contributed by atoms with Crippen LogP contribution in [0.25, 0.3) is 0 Å². The van der Waals surface area contributed by atoms with Crippen LogP contribution in [0, 0.1) is 21.4 Å². The van der Waals surface area contributed by atoms with E-state index < -0.39 is 88.9 Å². The minimum absolute atomic E-state index is 0.0565. The van der Waals surface area contributed by atoms with Crippen molar-refractivity contribution in [1.29, 1.82) is 0 Å². The van der Waals surface area contributed by atoms with E-state index in [1.165, 1.54) is 29.8 Å². The molecule has 22 nitrogen and oxygen atoms in total. The van der Waals surface area contributed by atoms with Crippen LogP contribution in [0.3, 0.4) is 0 Å². The van der Waals surface area contributed by atoms with Crippen LogP contribution in [0.2, 0.25) is 39.3 Å². The first-order valence-electron chi connectivity index (χ1n) is 28.5. The van der Waals surface area contributed by atoms with Crippen molar-refractivity contribution in [2.45, 2.75) is 161 Å². The first-order chi connectivity index (χ1) is 40.8. The number of nitrogens with zero attached hydrogens (tertiary/aromatic N) is 4. The lowest BCUT2D eigenvalue weighted by Crippen LogP contribution is -2.46. The molecule has 6 heterocycles. The quantitative estimate of drug-likeness (QED) is 0.0277. The topological polar surface area (TPSA) is 287 Å². The molecule has 3 saturated heterocycles. The number of nitrogens with one attached hydrogen (secondary N) is 2. The summed E-state index contributed by atoms with van der Waals surface area (Å²) in [5.74, 6) is -0.969. The number of rotatable bonds is 15. The fourth-order valence-electron chi connectivity index (χ4n) is 9.72. The van der Waals surface area contributed by atoms with Gasteiger partial charge in [-0.1, -0.05) is 82.3 Å². The molecule has 3 fully saturated rings. The number of hydrogen-bond donors (Lipinski definition) is 5. The van der Waals surface area contributed by atoms with E-state index in [0.717, 1.165) is 12.8 Å². The second-order valence-electron chi connectivity index (χ2n) is 23.6. The largest absolute Gasteiger partial charge is 0.531 e. The fourth-order valence-corrected chi connectivity index (χ4v) is 11.6. The van der Waals surface area contributed by atoms with Crippen molar-refractivity contribution in [2.75, 3.05) is 6.61 Å². The summed E-state index contributed by atoms with van der Waals surface area (Å²) in [6, 6.07) is 31.1. The molecule has 0 aliphatic carbocycles. The van der Waals surface area contributed by atoms with E-state index in [9.17, 15) is 34.2 Å². The molecule has 470 valence electrons. The average Bonchev–Trinajstić information content (AvgIpc) is 1.72. The maximum atomic E-state index is 12.7. The number of H-pyrrole nitrogens is 2. The normalized spacial score (nSPS) is 26.5. The number of aromatic amines is 2. The molecule has 3 unspecified atom stereocenters. The first kappa shape index (κ1) is 69.2. The minimum Gasteiger partial charge on any atom is -0.531 e. The Morgan fingerprint density at radius 1 is 0.621 bits per heavy atom. The number of aromatic nitrogens is 6. The second kappa shape index (κ2) is 29.4. The molecule has 3 aliphatic heterocycles. The number of benzene rings is 3.